The Labute approximate surface area is 193 Å². The topological polar surface area (TPSA) is 76.0 Å². The molecule has 1 atom stereocenters. The van der Waals surface area contributed by atoms with Gasteiger partial charge in [0.05, 0.1) is 0 Å². The second kappa shape index (κ2) is 12.7. The monoisotopic (exact) mass is 440 g/mol. The van der Waals surface area contributed by atoms with Crippen molar-refractivity contribution in [3.8, 4) is 17.2 Å². The molecule has 0 saturated heterocycles. The van der Waals surface area contributed by atoms with Crippen LogP contribution in [0.15, 0.2) is 36.4 Å². The third kappa shape index (κ3) is 7.14. The number of phenolic OH excluding ortho intramolecular Hbond substituents is 3. The van der Waals surface area contributed by atoms with Crippen molar-refractivity contribution in [3.05, 3.63) is 53.1 Å². The zero-order valence-electron chi connectivity index (χ0n) is 19.5. The minimum atomic E-state index is 0.00136. The molecule has 5 nitrogen and oxygen atoms in total. The zero-order chi connectivity index (χ0) is 22.8. The standard InChI is InChI=1S/C27H40N2O3/c1-2-17-29(23-11-12-25-22(20-23)10-13-26(31)27(25)32)18-6-4-3-5-15-28-16-14-21-8-7-9-24(30)19-21/h7-10,13,19,23,28,30-32H,2-6,11-12,14-18,20H2,1H3. The van der Waals surface area contributed by atoms with Gasteiger partial charge in [0.2, 0.25) is 0 Å². The van der Waals surface area contributed by atoms with E-state index in [0.717, 1.165) is 63.8 Å². The molecule has 5 heteroatoms. The first kappa shape index (κ1) is 24.4. The summed E-state index contributed by atoms with van der Waals surface area (Å²) in [7, 11) is 0. The van der Waals surface area contributed by atoms with E-state index in [0.29, 0.717) is 11.8 Å². The highest BCUT2D eigenvalue weighted by molar-refractivity contribution is 5.50. The lowest BCUT2D eigenvalue weighted by molar-refractivity contribution is 0.175. The highest BCUT2D eigenvalue weighted by atomic mass is 16.3. The van der Waals surface area contributed by atoms with Crippen LogP contribution < -0.4 is 5.32 Å². The summed E-state index contributed by atoms with van der Waals surface area (Å²) < 4.78 is 0. The maximum absolute atomic E-state index is 10.1. The molecule has 2 aromatic rings. The van der Waals surface area contributed by atoms with Gasteiger partial charge in [-0.1, -0.05) is 38.0 Å². The molecule has 0 amide bonds. The summed E-state index contributed by atoms with van der Waals surface area (Å²) in [5, 5.41) is 32.9. The number of hydrogen-bond donors (Lipinski definition) is 4. The van der Waals surface area contributed by atoms with Crippen molar-refractivity contribution < 1.29 is 15.3 Å². The summed E-state index contributed by atoms with van der Waals surface area (Å²) in [5.41, 5.74) is 3.30. The SMILES string of the molecule is CCCN(CCCCCCNCCc1cccc(O)c1)C1CCc2c(ccc(O)c2O)C1. The Morgan fingerprint density at radius 1 is 0.969 bits per heavy atom. The van der Waals surface area contributed by atoms with Crippen LogP contribution in [-0.4, -0.2) is 52.4 Å². The number of rotatable bonds is 13. The summed E-state index contributed by atoms with van der Waals surface area (Å²) in [4.78, 5) is 2.64. The van der Waals surface area contributed by atoms with Gasteiger partial charge in [-0.15, -0.1) is 0 Å². The molecule has 0 radical (unpaired) electrons. The number of hydrogen-bond acceptors (Lipinski definition) is 5. The number of benzene rings is 2. The van der Waals surface area contributed by atoms with Crippen molar-refractivity contribution in [1.82, 2.24) is 10.2 Å². The fourth-order valence-corrected chi connectivity index (χ4v) is 4.87. The molecular formula is C27H40N2O3. The number of phenols is 3. The molecule has 0 aromatic heterocycles. The van der Waals surface area contributed by atoms with Crippen LogP contribution in [0, 0.1) is 0 Å². The number of nitrogens with one attached hydrogen (secondary N) is 1. The number of fused-ring (bicyclic) bond motifs is 1. The van der Waals surface area contributed by atoms with Crippen LogP contribution in [0.1, 0.15) is 62.1 Å². The molecule has 0 spiro atoms. The molecule has 1 aliphatic carbocycles. The molecule has 0 saturated carbocycles. The van der Waals surface area contributed by atoms with Gasteiger partial charge < -0.3 is 25.5 Å². The quantitative estimate of drug-likeness (QED) is 0.267. The van der Waals surface area contributed by atoms with Gasteiger partial charge >= 0.3 is 0 Å². The van der Waals surface area contributed by atoms with Gasteiger partial charge in [-0.25, -0.2) is 0 Å². The maximum Gasteiger partial charge on any atom is 0.160 e. The Hall–Kier alpha value is -2.24. The molecule has 0 bridgehead atoms. The molecule has 0 heterocycles. The van der Waals surface area contributed by atoms with Crippen molar-refractivity contribution in [2.24, 2.45) is 0 Å². The van der Waals surface area contributed by atoms with Gasteiger partial charge in [-0.3, -0.25) is 0 Å². The number of nitrogens with zero attached hydrogens (tertiary/aromatic N) is 1. The normalized spacial score (nSPS) is 15.8. The van der Waals surface area contributed by atoms with Crippen molar-refractivity contribution in [1.29, 1.82) is 0 Å². The molecule has 1 unspecified atom stereocenters. The Bertz CT molecular complexity index is 840. The van der Waals surface area contributed by atoms with Crippen molar-refractivity contribution >= 4 is 0 Å². The Morgan fingerprint density at radius 2 is 1.81 bits per heavy atom. The van der Waals surface area contributed by atoms with E-state index in [1.807, 2.05) is 18.2 Å². The minimum Gasteiger partial charge on any atom is -0.508 e. The van der Waals surface area contributed by atoms with Crippen LogP contribution >= 0.6 is 0 Å². The van der Waals surface area contributed by atoms with Gasteiger partial charge in [0.15, 0.2) is 11.5 Å². The van der Waals surface area contributed by atoms with Crippen molar-refractivity contribution in [3.63, 3.8) is 0 Å². The van der Waals surface area contributed by atoms with E-state index in [-0.39, 0.29) is 11.5 Å². The van der Waals surface area contributed by atoms with E-state index >= 15 is 0 Å². The van der Waals surface area contributed by atoms with Crippen LogP contribution in [0.5, 0.6) is 17.2 Å². The summed E-state index contributed by atoms with van der Waals surface area (Å²) in [6, 6.07) is 11.6. The fraction of sp³-hybridized carbons (Fsp3) is 0.556. The highest BCUT2D eigenvalue weighted by Gasteiger charge is 2.26. The highest BCUT2D eigenvalue weighted by Crippen LogP contribution is 2.36. The van der Waals surface area contributed by atoms with Gasteiger partial charge in [0, 0.05) is 11.6 Å². The lowest BCUT2D eigenvalue weighted by Gasteiger charge is -2.35. The first-order valence-corrected chi connectivity index (χ1v) is 12.3. The summed E-state index contributed by atoms with van der Waals surface area (Å²) in [6.45, 7) is 6.51. The van der Waals surface area contributed by atoms with Crippen LogP contribution in [0.3, 0.4) is 0 Å². The van der Waals surface area contributed by atoms with E-state index in [2.05, 4.69) is 23.2 Å². The van der Waals surface area contributed by atoms with E-state index in [9.17, 15) is 15.3 Å². The van der Waals surface area contributed by atoms with Crippen LogP contribution in [0.25, 0.3) is 0 Å². The first-order valence-electron chi connectivity index (χ1n) is 12.3. The minimum absolute atomic E-state index is 0.00136. The van der Waals surface area contributed by atoms with Crippen LogP contribution in [0.2, 0.25) is 0 Å². The zero-order valence-corrected chi connectivity index (χ0v) is 19.5. The average Bonchev–Trinajstić information content (AvgIpc) is 2.79. The van der Waals surface area contributed by atoms with E-state index in [4.69, 9.17) is 0 Å². The average molecular weight is 441 g/mol. The lowest BCUT2D eigenvalue weighted by Crippen LogP contribution is -2.40. The first-order chi connectivity index (χ1) is 15.6. The van der Waals surface area contributed by atoms with E-state index in [1.54, 1.807) is 12.1 Å². The van der Waals surface area contributed by atoms with Gasteiger partial charge in [0.1, 0.15) is 5.75 Å². The Balaban J connectivity index is 1.31. The van der Waals surface area contributed by atoms with Gasteiger partial charge in [0.25, 0.3) is 0 Å². The lowest BCUT2D eigenvalue weighted by atomic mass is 9.86. The van der Waals surface area contributed by atoms with Gasteiger partial charge in [-0.2, -0.15) is 0 Å². The second-order valence-electron chi connectivity index (χ2n) is 9.09. The number of aromatic hydroxyl groups is 3. The van der Waals surface area contributed by atoms with Crippen LogP contribution in [0.4, 0.5) is 0 Å². The summed E-state index contributed by atoms with van der Waals surface area (Å²) in [6.07, 6.45) is 9.90. The summed E-state index contributed by atoms with van der Waals surface area (Å²) in [5.74, 6) is 0.425. The predicted octanol–water partition coefficient (Wildman–Crippen LogP) is 4.77. The molecule has 176 valence electrons. The largest absolute Gasteiger partial charge is 0.508 e. The van der Waals surface area contributed by atoms with Crippen molar-refractivity contribution in [2.75, 3.05) is 26.2 Å². The van der Waals surface area contributed by atoms with Crippen LogP contribution in [-0.2, 0) is 19.3 Å². The Kier molecular flexibility index (Phi) is 9.69. The fourth-order valence-electron chi connectivity index (χ4n) is 4.87. The summed E-state index contributed by atoms with van der Waals surface area (Å²) >= 11 is 0. The van der Waals surface area contributed by atoms with Crippen molar-refractivity contribution in [2.45, 2.75) is 70.8 Å². The Morgan fingerprint density at radius 3 is 2.62 bits per heavy atom. The molecule has 4 N–H and O–H groups in total. The van der Waals surface area contributed by atoms with E-state index < -0.39 is 0 Å². The third-order valence-electron chi connectivity index (χ3n) is 6.62. The molecular weight excluding hydrogens is 400 g/mol. The second-order valence-corrected chi connectivity index (χ2v) is 9.09. The molecule has 0 aliphatic heterocycles. The molecule has 32 heavy (non-hydrogen) atoms. The predicted molar refractivity (Wildman–Crippen MR) is 131 cm³/mol. The molecule has 3 rings (SSSR count). The van der Waals surface area contributed by atoms with Gasteiger partial charge in [-0.05, 0) is 100 Å². The smallest absolute Gasteiger partial charge is 0.160 e. The maximum atomic E-state index is 10.1. The molecule has 0 fully saturated rings. The van der Waals surface area contributed by atoms with E-state index in [1.165, 1.54) is 36.8 Å². The molecule has 1 aliphatic rings. The molecule has 2 aromatic carbocycles. The third-order valence-corrected chi connectivity index (χ3v) is 6.62. The number of unbranched alkanes of at least 4 members (excludes halogenated alkanes) is 3.